The minimum atomic E-state index is -0.178. The second kappa shape index (κ2) is 6.72. The van der Waals surface area contributed by atoms with Gasteiger partial charge < -0.3 is 15.6 Å². The monoisotopic (exact) mass is 342 g/mol. The van der Waals surface area contributed by atoms with E-state index in [4.69, 9.17) is 5.73 Å². The van der Waals surface area contributed by atoms with Crippen molar-refractivity contribution in [1.29, 1.82) is 0 Å². The third kappa shape index (κ3) is 3.15. The number of nitrogens with one attached hydrogen (secondary N) is 1. The van der Waals surface area contributed by atoms with Crippen LogP contribution in [0.3, 0.4) is 0 Å². The summed E-state index contributed by atoms with van der Waals surface area (Å²) in [6.45, 7) is 0.702. The lowest BCUT2D eigenvalue weighted by Gasteiger charge is -2.09. The molecule has 0 aliphatic carbocycles. The Bertz CT molecular complexity index is 1070. The second-order valence-corrected chi connectivity index (χ2v) is 6.10. The second-order valence-electron chi connectivity index (χ2n) is 6.10. The highest BCUT2D eigenvalue weighted by atomic mass is 16.1. The molecule has 5 heteroatoms. The van der Waals surface area contributed by atoms with Crippen molar-refractivity contribution in [3.63, 3.8) is 0 Å². The first-order valence-electron chi connectivity index (χ1n) is 8.35. The fourth-order valence-corrected chi connectivity index (χ4v) is 2.91. The molecular formula is C21H18N4O. The highest BCUT2D eigenvalue weighted by Crippen LogP contribution is 2.19. The average molecular weight is 342 g/mol. The van der Waals surface area contributed by atoms with E-state index in [9.17, 15) is 4.79 Å². The number of rotatable bonds is 4. The van der Waals surface area contributed by atoms with Crippen molar-refractivity contribution in [1.82, 2.24) is 9.55 Å². The van der Waals surface area contributed by atoms with Crippen LogP contribution in [0.5, 0.6) is 0 Å². The number of hydrogen-bond acceptors (Lipinski definition) is 3. The Kier molecular flexibility index (Phi) is 4.11. The molecule has 3 N–H and O–H groups in total. The average Bonchev–Trinajstić information content (AvgIpc) is 3.07. The van der Waals surface area contributed by atoms with Crippen LogP contribution in [0.15, 0.2) is 79.1 Å². The SMILES string of the molecule is Nc1ccccc1NC(=O)c1ccc(Cn2ccc3cccnc32)cc1. The van der Waals surface area contributed by atoms with Gasteiger partial charge in [0.25, 0.3) is 5.91 Å². The number of nitrogen functional groups attached to an aromatic ring is 1. The van der Waals surface area contributed by atoms with Crippen LogP contribution < -0.4 is 11.1 Å². The van der Waals surface area contributed by atoms with Crippen molar-refractivity contribution in [2.24, 2.45) is 0 Å². The van der Waals surface area contributed by atoms with Crippen LogP contribution >= 0.6 is 0 Å². The number of carbonyl (C=O) groups is 1. The summed E-state index contributed by atoms with van der Waals surface area (Å²) < 4.78 is 2.09. The van der Waals surface area contributed by atoms with Gasteiger partial charge in [0.05, 0.1) is 11.4 Å². The summed E-state index contributed by atoms with van der Waals surface area (Å²) in [6.07, 6.45) is 3.82. The van der Waals surface area contributed by atoms with Gasteiger partial charge in [-0.1, -0.05) is 24.3 Å². The molecule has 2 heterocycles. The van der Waals surface area contributed by atoms with E-state index >= 15 is 0 Å². The molecular weight excluding hydrogens is 324 g/mol. The standard InChI is InChI=1S/C21H18N4O/c22-18-5-1-2-6-19(18)24-21(26)17-9-7-15(8-10-17)14-25-13-11-16-4-3-12-23-20(16)25/h1-13H,14,22H2,(H,24,26). The molecule has 0 bridgehead atoms. The van der Waals surface area contributed by atoms with Crippen LogP contribution in [0.25, 0.3) is 11.0 Å². The number of anilines is 2. The maximum atomic E-state index is 12.4. The van der Waals surface area contributed by atoms with E-state index < -0.39 is 0 Å². The lowest BCUT2D eigenvalue weighted by Crippen LogP contribution is -2.13. The van der Waals surface area contributed by atoms with Crippen molar-refractivity contribution in [2.45, 2.75) is 6.54 Å². The Balaban J connectivity index is 1.50. The molecule has 0 saturated carbocycles. The van der Waals surface area contributed by atoms with Crippen molar-refractivity contribution in [3.05, 3.63) is 90.3 Å². The van der Waals surface area contributed by atoms with Gasteiger partial charge in [-0.25, -0.2) is 4.98 Å². The Hall–Kier alpha value is -3.60. The van der Waals surface area contributed by atoms with Gasteiger partial charge in [0, 0.05) is 29.9 Å². The molecule has 26 heavy (non-hydrogen) atoms. The molecule has 5 nitrogen and oxygen atoms in total. The number of pyridine rings is 1. The highest BCUT2D eigenvalue weighted by Gasteiger charge is 2.08. The zero-order chi connectivity index (χ0) is 17.9. The van der Waals surface area contributed by atoms with Gasteiger partial charge in [-0.3, -0.25) is 4.79 Å². The molecule has 0 spiro atoms. The fraction of sp³-hybridized carbons (Fsp3) is 0.0476. The molecule has 0 radical (unpaired) electrons. The fourth-order valence-electron chi connectivity index (χ4n) is 2.91. The minimum Gasteiger partial charge on any atom is -0.397 e. The first-order chi connectivity index (χ1) is 12.7. The normalized spacial score (nSPS) is 10.8. The first-order valence-corrected chi connectivity index (χ1v) is 8.35. The largest absolute Gasteiger partial charge is 0.397 e. The minimum absolute atomic E-state index is 0.178. The summed E-state index contributed by atoms with van der Waals surface area (Å²) in [7, 11) is 0. The smallest absolute Gasteiger partial charge is 0.255 e. The number of nitrogens with two attached hydrogens (primary N) is 1. The molecule has 0 aliphatic heterocycles. The molecule has 2 aromatic heterocycles. The van der Waals surface area contributed by atoms with Crippen LogP contribution in [-0.2, 0) is 6.54 Å². The lowest BCUT2D eigenvalue weighted by molar-refractivity contribution is 0.102. The molecule has 0 saturated heterocycles. The van der Waals surface area contributed by atoms with Gasteiger partial charge in [-0.2, -0.15) is 0 Å². The summed E-state index contributed by atoms with van der Waals surface area (Å²) in [5.41, 5.74) is 9.68. The number of para-hydroxylation sites is 2. The number of carbonyl (C=O) groups excluding carboxylic acids is 1. The molecule has 2 aromatic carbocycles. The Morgan fingerprint density at radius 1 is 1.00 bits per heavy atom. The summed E-state index contributed by atoms with van der Waals surface area (Å²) in [5.74, 6) is -0.178. The Labute approximate surface area is 151 Å². The summed E-state index contributed by atoms with van der Waals surface area (Å²) in [5, 5.41) is 3.95. The molecule has 1 amide bonds. The van der Waals surface area contributed by atoms with Gasteiger partial charge in [-0.05, 0) is 48.0 Å². The number of benzene rings is 2. The van der Waals surface area contributed by atoms with Crippen molar-refractivity contribution in [2.75, 3.05) is 11.1 Å². The molecule has 0 fully saturated rings. The highest BCUT2D eigenvalue weighted by molar-refractivity contribution is 6.05. The van der Waals surface area contributed by atoms with Gasteiger partial charge in [0.2, 0.25) is 0 Å². The van der Waals surface area contributed by atoms with Crippen molar-refractivity contribution >= 4 is 28.3 Å². The third-order valence-corrected chi connectivity index (χ3v) is 4.30. The quantitative estimate of drug-likeness (QED) is 0.552. The van der Waals surface area contributed by atoms with E-state index in [1.165, 1.54) is 0 Å². The molecule has 0 unspecified atom stereocenters. The van der Waals surface area contributed by atoms with E-state index in [1.54, 1.807) is 18.3 Å². The summed E-state index contributed by atoms with van der Waals surface area (Å²) in [6, 6.07) is 20.8. The zero-order valence-corrected chi connectivity index (χ0v) is 14.1. The van der Waals surface area contributed by atoms with E-state index in [1.807, 2.05) is 54.7 Å². The maximum Gasteiger partial charge on any atom is 0.255 e. The number of fused-ring (bicyclic) bond motifs is 1. The van der Waals surface area contributed by atoms with Crippen LogP contribution in [0, 0.1) is 0 Å². The third-order valence-electron chi connectivity index (χ3n) is 4.30. The lowest BCUT2D eigenvalue weighted by atomic mass is 10.1. The summed E-state index contributed by atoms with van der Waals surface area (Å²) >= 11 is 0. The van der Waals surface area contributed by atoms with E-state index in [2.05, 4.69) is 20.9 Å². The van der Waals surface area contributed by atoms with Crippen LogP contribution in [0.2, 0.25) is 0 Å². The van der Waals surface area contributed by atoms with Gasteiger partial charge in [-0.15, -0.1) is 0 Å². The van der Waals surface area contributed by atoms with Crippen LogP contribution in [0.1, 0.15) is 15.9 Å². The van der Waals surface area contributed by atoms with E-state index in [0.29, 0.717) is 23.5 Å². The number of amides is 1. The van der Waals surface area contributed by atoms with Gasteiger partial charge in [0.1, 0.15) is 5.65 Å². The Morgan fingerprint density at radius 3 is 2.62 bits per heavy atom. The van der Waals surface area contributed by atoms with E-state index in [-0.39, 0.29) is 5.91 Å². The summed E-state index contributed by atoms with van der Waals surface area (Å²) in [4.78, 5) is 16.8. The van der Waals surface area contributed by atoms with Crippen LogP contribution in [-0.4, -0.2) is 15.5 Å². The molecule has 4 aromatic rings. The predicted octanol–water partition coefficient (Wildman–Crippen LogP) is 3.92. The van der Waals surface area contributed by atoms with Gasteiger partial charge in [0.15, 0.2) is 0 Å². The number of aromatic nitrogens is 2. The number of hydrogen-bond donors (Lipinski definition) is 2. The van der Waals surface area contributed by atoms with Crippen molar-refractivity contribution < 1.29 is 4.79 Å². The van der Waals surface area contributed by atoms with Gasteiger partial charge >= 0.3 is 0 Å². The topological polar surface area (TPSA) is 72.9 Å². The van der Waals surface area contributed by atoms with Crippen LogP contribution in [0.4, 0.5) is 11.4 Å². The van der Waals surface area contributed by atoms with Crippen molar-refractivity contribution in [3.8, 4) is 0 Å². The van der Waals surface area contributed by atoms with E-state index in [0.717, 1.165) is 16.6 Å². The molecule has 128 valence electrons. The number of nitrogens with zero attached hydrogens (tertiary/aromatic N) is 2. The molecule has 4 rings (SSSR count). The molecule has 0 atom stereocenters. The Morgan fingerprint density at radius 2 is 1.81 bits per heavy atom. The first kappa shape index (κ1) is 15.9. The zero-order valence-electron chi connectivity index (χ0n) is 14.1. The maximum absolute atomic E-state index is 12.4. The predicted molar refractivity (Wildman–Crippen MR) is 104 cm³/mol. The molecule has 0 aliphatic rings.